The SMILES string of the molecule is C[C@H](OC(=O)Cc1coc2cc(O)ccc12)C(=O)N(C)[C@H]1CCS(=O)(=O)C1. The van der Waals surface area contributed by atoms with E-state index in [4.69, 9.17) is 9.15 Å². The van der Waals surface area contributed by atoms with Crippen LogP contribution in [0.15, 0.2) is 28.9 Å². The number of amides is 1. The Morgan fingerprint density at radius 3 is 2.81 bits per heavy atom. The minimum atomic E-state index is -3.11. The summed E-state index contributed by atoms with van der Waals surface area (Å²) < 4.78 is 33.7. The summed E-state index contributed by atoms with van der Waals surface area (Å²) in [6, 6.07) is 4.18. The van der Waals surface area contributed by atoms with Crippen LogP contribution in [0, 0.1) is 0 Å². The molecular weight excluding hydrogens is 374 g/mol. The predicted octanol–water partition coefficient (Wildman–Crippen LogP) is 1.26. The van der Waals surface area contributed by atoms with Crippen LogP contribution in [-0.2, 0) is 30.6 Å². The average Bonchev–Trinajstić information content (AvgIpc) is 3.16. The third-order valence-corrected chi connectivity index (χ3v) is 6.48. The fraction of sp³-hybridized carbons (Fsp3) is 0.444. The normalized spacial score (nSPS) is 19.7. The summed E-state index contributed by atoms with van der Waals surface area (Å²) in [5.74, 6) is -0.982. The number of likely N-dealkylation sites (N-methyl/N-ethyl adjacent to an activating group) is 1. The number of sulfone groups is 1. The smallest absolute Gasteiger partial charge is 0.311 e. The number of ether oxygens (including phenoxy) is 1. The molecule has 1 N–H and O–H groups in total. The molecule has 1 fully saturated rings. The summed E-state index contributed by atoms with van der Waals surface area (Å²) in [5, 5.41) is 10.1. The second-order valence-corrected chi connectivity index (χ2v) is 8.98. The molecule has 3 rings (SSSR count). The monoisotopic (exact) mass is 395 g/mol. The van der Waals surface area contributed by atoms with E-state index in [0.717, 1.165) is 0 Å². The topological polar surface area (TPSA) is 114 Å². The molecule has 2 heterocycles. The van der Waals surface area contributed by atoms with Gasteiger partial charge in [0, 0.05) is 30.1 Å². The highest BCUT2D eigenvalue weighted by Crippen LogP contribution is 2.25. The van der Waals surface area contributed by atoms with Gasteiger partial charge in [0.1, 0.15) is 11.3 Å². The highest BCUT2D eigenvalue weighted by atomic mass is 32.2. The Balaban J connectivity index is 1.60. The number of carbonyl (C=O) groups excluding carboxylic acids is 2. The van der Waals surface area contributed by atoms with Gasteiger partial charge in [-0.05, 0) is 25.5 Å². The number of rotatable bonds is 5. The Morgan fingerprint density at radius 2 is 2.15 bits per heavy atom. The second kappa shape index (κ2) is 7.22. The van der Waals surface area contributed by atoms with Gasteiger partial charge in [0.15, 0.2) is 15.9 Å². The van der Waals surface area contributed by atoms with Crippen molar-refractivity contribution in [3.05, 3.63) is 30.0 Å². The number of nitrogens with zero attached hydrogens (tertiary/aromatic N) is 1. The number of fused-ring (bicyclic) bond motifs is 1. The predicted molar refractivity (Wildman–Crippen MR) is 97.0 cm³/mol. The van der Waals surface area contributed by atoms with Gasteiger partial charge in [0.25, 0.3) is 5.91 Å². The zero-order valence-electron chi connectivity index (χ0n) is 15.0. The van der Waals surface area contributed by atoms with Crippen LogP contribution in [0.3, 0.4) is 0 Å². The first-order valence-corrected chi connectivity index (χ1v) is 10.3. The molecule has 1 aliphatic heterocycles. The lowest BCUT2D eigenvalue weighted by Crippen LogP contribution is -2.44. The van der Waals surface area contributed by atoms with Gasteiger partial charge in [-0.1, -0.05) is 0 Å². The number of hydrogen-bond acceptors (Lipinski definition) is 7. The van der Waals surface area contributed by atoms with E-state index in [1.165, 1.54) is 37.3 Å². The number of hydrogen-bond donors (Lipinski definition) is 1. The molecule has 27 heavy (non-hydrogen) atoms. The van der Waals surface area contributed by atoms with Gasteiger partial charge in [-0.25, -0.2) is 8.42 Å². The third-order valence-electron chi connectivity index (χ3n) is 4.73. The van der Waals surface area contributed by atoms with Crippen LogP contribution in [0.1, 0.15) is 18.9 Å². The fourth-order valence-electron chi connectivity index (χ4n) is 3.20. The Bertz CT molecular complexity index is 979. The average molecular weight is 395 g/mol. The van der Waals surface area contributed by atoms with Gasteiger partial charge in [0.05, 0.1) is 24.2 Å². The molecule has 0 radical (unpaired) electrons. The van der Waals surface area contributed by atoms with Crippen molar-refractivity contribution in [3.8, 4) is 5.75 Å². The van der Waals surface area contributed by atoms with Crippen LogP contribution in [0.4, 0.5) is 0 Å². The first-order valence-electron chi connectivity index (χ1n) is 8.52. The minimum Gasteiger partial charge on any atom is -0.508 e. The molecular formula is C18H21NO7S. The maximum atomic E-state index is 12.4. The summed E-state index contributed by atoms with van der Waals surface area (Å²) in [5.41, 5.74) is 1.04. The molecule has 1 saturated heterocycles. The van der Waals surface area contributed by atoms with Crippen molar-refractivity contribution in [2.75, 3.05) is 18.6 Å². The molecule has 0 saturated carbocycles. The van der Waals surface area contributed by atoms with Crippen molar-refractivity contribution in [2.45, 2.75) is 31.9 Å². The van der Waals surface area contributed by atoms with Crippen LogP contribution >= 0.6 is 0 Å². The highest BCUT2D eigenvalue weighted by molar-refractivity contribution is 7.91. The maximum absolute atomic E-state index is 12.4. The van der Waals surface area contributed by atoms with Crippen molar-refractivity contribution in [1.82, 2.24) is 4.90 Å². The van der Waals surface area contributed by atoms with Crippen molar-refractivity contribution in [2.24, 2.45) is 0 Å². The Kier molecular flexibility index (Phi) is 5.14. The van der Waals surface area contributed by atoms with Crippen molar-refractivity contribution >= 4 is 32.7 Å². The zero-order valence-corrected chi connectivity index (χ0v) is 15.9. The molecule has 2 atom stereocenters. The highest BCUT2D eigenvalue weighted by Gasteiger charge is 2.35. The molecule has 2 aromatic rings. The lowest BCUT2D eigenvalue weighted by atomic mass is 10.1. The Hall–Kier alpha value is -2.55. The third kappa shape index (κ3) is 4.24. The van der Waals surface area contributed by atoms with Gasteiger partial charge in [0.2, 0.25) is 0 Å². The molecule has 146 valence electrons. The number of phenolic OH excluding ortho intramolecular Hbond substituents is 1. The van der Waals surface area contributed by atoms with E-state index in [1.807, 2.05) is 0 Å². The number of esters is 1. The van der Waals surface area contributed by atoms with E-state index in [-0.39, 0.29) is 23.7 Å². The fourth-order valence-corrected chi connectivity index (χ4v) is 4.98. The van der Waals surface area contributed by atoms with Gasteiger partial charge in [-0.2, -0.15) is 0 Å². The molecule has 9 heteroatoms. The summed E-state index contributed by atoms with van der Waals surface area (Å²) in [7, 11) is -1.59. The molecule has 1 aliphatic rings. The van der Waals surface area contributed by atoms with Gasteiger partial charge in [-0.15, -0.1) is 0 Å². The largest absolute Gasteiger partial charge is 0.508 e. The van der Waals surface area contributed by atoms with Crippen LogP contribution in [0.2, 0.25) is 0 Å². The zero-order chi connectivity index (χ0) is 19.8. The van der Waals surface area contributed by atoms with Crippen LogP contribution in [0.5, 0.6) is 5.75 Å². The van der Waals surface area contributed by atoms with E-state index < -0.39 is 33.9 Å². The summed E-state index contributed by atoms with van der Waals surface area (Å²) >= 11 is 0. The first-order chi connectivity index (χ1) is 12.7. The first kappa shape index (κ1) is 19.2. The number of aromatic hydroxyl groups is 1. The van der Waals surface area contributed by atoms with Crippen molar-refractivity contribution in [3.63, 3.8) is 0 Å². The van der Waals surface area contributed by atoms with Crippen LogP contribution in [0.25, 0.3) is 11.0 Å². The number of benzene rings is 1. The second-order valence-electron chi connectivity index (χ2n) is 6.76. The van der Waals surface area contributed by atoms with Gasteiger partial charge >= 0.3 is 5.97 Å². The van der Waals surface area contributed by atoms with Crippen LogP contribution in [-0.4, -0.2) is 61.0 Å². The number of carbonyl (C=O) groups is 2. The molecule has 8 nitrogen and oxygen atoms in total. The molecule has 0 unspecified atom stereocenters. The van der Waals surface area contributed by atoms with Gasteiger partial charge < -0.3 is 19.2 Å². The number of phenols is 1. The molecule has 1 aromatic heterocycles. The molecule has 1 amide bonds. The standard InChI is InChI=1S/C18H21NO7S/c1-11(18(22)19(2)13-5-6-27(23,24)10-13)26-17(21)7-12-9-25-16-8-14(20)3-4-15(12)16/h3-4,8-9,11,13,20H,5-7,10H2,1-2H3/t11-,13-/m0/s1. The summed E-state index contributed by atoms with van der Waals surface area (Å²) in [4.78, 5) is 26.0. The number of furan rings is 1. The molecule has 0 bridgehead atoms. The van der Waals surface area contributed by atoms with Gasteiger partial charge in [-0.3, -0.25) is 9.59 Å². The quantitative estimate of drug-likeness (QED) is 0.758. The molecule has 0 aliphatic carbocycles. The van der Waals surface area contributed by atoms with E-state index in [9.17, 15) is 23.1 Å². The lowest BCUT2D eigenvalue weighted by molar-refractivity contribution is -0.158. The van der Waals surface area contributed by atoms with E-state index in [2.05, 4.69) is 0 Å². The van der Waals surface area contributed by atoms with Crippen molar-refractivity contribution < 1.29 is 32.3 Å². The van der Waals surface area contributed by atoms with E-state index in [1.54, 1.807) is 6.07 Å². The Labute approximate surface area is 156 Å². The van der Waals surface area contributed by atoms with Crippen LogP contribution < -0.4 is 0 Å². The van der Waals surface area contributed by atoms with Crippen molar-refractivity contribution in [1.29, 1.82) is 0 Å². The van der Waals surface area contributed by atoms with E-state index >= 15 is 0 Å². The van der Waals surface area contributed by atoms with E-state index in [0.29, 0.717) is 23.0 Å². The molecule has 0 spiro atoms. The summed E-state index contributed by atoms with van der Waals surface area (Å²) in [6.45, 7) is 1.46. The Morgan fingerprint density at radius 1 is 1.41 bits per heavy atom. The lowest BCUT2D eigenvalue weighted by Gasteiger charge is -2.26. The summed E-state index contributed by atoms with van der Waals surface area (Å²) in [6.07, 6.45) is 0.691. The molecule has 1 aromatic carbocycles. The maximum Gasteiger partial charge on any atom is 0.311 e. The minimum absolute atomic E-state index is 0.0576.